The lowest BCUT2D eigenvalue weighted by Crippen LogP contribution is -2.30. The Morgan fingerprint density at radius 2 is 1.89 bits per heavy atom. The number of rotatable bonds is 5. The Balaban J connectivity index is 0.00000210. The normalized spacial score (nSPS) is 16.7. The first kappa shape index (κ1) is 20.3. The van der Waals surface area contributed by atoms with E-state index in [1.54, 1.807) is 5.38 Å². The molecular weight excluding hydrogens is 406 g/mol. The first-order valence-corrected chi connectivity index (χ1v) is 11.0. The quantitative estimate of drug-likeness (QED) is 0.768. The average Bonchev–Trinajstić information content (AvgIpc) is 3.40. The molecule has 2 aliphatic heterocycles. The molecule has 0 aliphatic carbocycles. The van der Waals surface area contributed by atoms with Crippen LogP contribution in [0.3, 0.4) is 0 Å². The fraction of sp³-hybridized carbons (Fsp3) is 0.389. The van der Waals surface area contributed by atoms with E-state index in [4.69, 9.17) is 0 Å². The number of carbonyl (C=O) groups excluding carboxylic acids is 1. The second-order valence-corrected chi connectivity index (χ2v) is 9.44. The number of hydrogen-bond donors (Lipinski definition) is 2. The predicted octanol–water partition coefficient (Wildman–Crippen LogP) is 2.49. The van der Waals surface area contributed by atoms with E-state index in [0.29, 0.717) is 19.6 Å². The monoisotopic (exact) mass is 427 g/mol. The molecule has 0 atom stereocenters. The smallest absolute Gasteiger partial charge is 0.263 e. The summed E-state index contributed by atoms with van der Waals surface area (Å²) in [6.45, 7) is 3.17. The van der Waals surface area contributed by atoms with Gasteiger partial charge in [0.1, 0.15) is 9.77 Å². The van der Waals surface area contributed by atoms with Gasteiger partial charge in [0, 0.05) is 32.7 Å². The predicted molar refractivity (Wildman–Crippen MR) is 108 cm³/mol. The number of fused-ring (bicyclic) bond motifs is 1. The van der Waals surface area contributed by atoms with E-state index in [2.05, 4.69) is 22.8 Å². The lowest BCUT2D eigenvalue weighted by atomic mass is 10.1. The lowest BCUT2D eigenvalue weighted by Gasteiger charge is -2.15. The van der Waals surface area contributed by atoms with Crippen LogP contribution in [-0.4, -0.2) is 31.7 Å². The van der Waals surface area contributed by atoms with Crippen LogP contribution in [0.1, 0.15) is 39.2 Å². The number of thiophene rings is 1. The zero-order valence-electron chi connectivity index (χ0n) is 14.7. The number of benzene rings is 1. The van der Waals surface area contributed by atoms with Gasteiger partial charge >= 0.3 is 0 Å². The van der Waals surface area contributed by atoms with Gasteiger partial charge in [-0.1, -0.05) is 18.2 Å². The van der Waals surface area contributed by atoms with Gasteiger partial charge in [0.2, 0.25) is 10.0 Å². The highest BCUT2D eigenvalue weighted by Crippen LogP contribution is 2.27. The van der Waals surface area contributed by atoms with E-state index in [-0.39, 0.29) is 28.1 Å². The van der Waals surface area contributed by atoms with E-state index >= 15 is 0 Å². The van der Waals surface area contributed by atoms with Gasteiger partial charge in [-0.2, -0.15) is 4.31 Å². The minimum absolute atomic E-state index is 0. The summed E-state index contributed by atoms with van der Waals surface area (Å²) < 4.78 is 27.0. The van der Waals surface area contributed by atoms with Crippen LogP contribution in [0, 0.1) is 0 Å². The Morgan fingerprint density at radius 3 is 2.67 bits per heavy atom. The number of sulfonamides is 1. The summed E-state index contributed by atoms with van der Waals surface area (Å²) in [7, 11) is -3.59. The molecule has 0 saturated carbocycles. The number of nitrogens with one attached hydrogen (secondary N) is 2. The molecule has 0 spiro atoms. The van der Waals surface area contributed by atoms with Gasteiger partial charge in [0.05, 0.1) is 0 Å². The molecule has 3 heterocycles. The first-order valence-electron chi connectivity index (χ1n) is 8.73. The van der Waals surface area contributed by atoms with Crippen LogP contribution >= 0.6 is 23.7 Å². The van der Waals surface area contributed by atoms with E-state index in [0.717, 1.165) is 31.5 Å². The number of carbonyl (C=O) groups is 1. The molecule has 6 nitrogen and oxygen atoms in total. The zero-order chi connectivity index (χ0) is 18.1. The largest absolute Gasteiger partial charge is 0.347 e. The molecule has 2 aromatic rings. The van der Waals surface area contributed by atoms with Crippen molar-refractivity contribution in [1.82, 2.24) is 14.9 Å². The Hall–Kier alpha value is -1.45. The molecule has 27 heavy (non-hydrogen) atoms. The molecule has 146 valence electrons. The van der Waals surface area contributed by atoms with E-state index < -0.39 is 10.0 Å². The van der Waals surface area contributed by atoms with Gasteiger partial charge in [-0.05, 0) is 41.0 Å². The van der Waals surface area contributed by atoms with Crippen molar-refractivity contribution in [3.8, 4) is 0 Å². The summed E-state index contributed by atoms with van der Waals surface area (Å²) in [6.07, 6.45) is 1.75. The molecular formula is C18H22ClN3O3S2. The topological polar surface area (TPSA) is 78.5 Å². The summed E-state index contributed by atoms with van der Waals surface area (Å²) in [5.74, 6) is -0.337. The molecule has 4 rings (SSSR count). The Morgan fingerprint density at radius 1 is 1.15 bits per heavy atom. The van der Waals surface area contributed by atoms with Gasteiger partial charge in [-0.3, -0.25) is 4.79 Å². The van der Waals surface area contributed by atoms with Crippen molar-refractivity contribution in [2.45, 2.75) is 37.4 Å². The summed E-state index contributed by atoms with van der Waals surface area (Å²) in [6, 6.07) is 7.70. The molecule has 9 heteroatoms. The van der Waals surface area contributed by atoms with Gasteiger partial charge < -0.3 is 10.6 Å². The third-order valence-corrected chi connectivity index (χ3v) is 7.86. The minimum atomic E-state index is -3.59. The van der Waals surface area contributed by atoms with Crippen molar-refractivity contribution in [2.75, 3.05) is 13.1 Å². The lowest BCUT2D eigenvalue weighted by molar-refractivity contribution is 0.0952. The average molecular weight is 428 g/mol. The van der Waals surface area contributed by atoms with Crippen molar-refractivity contribution in [1.29, 1.82) is 0 Å². The van der Waals surface area contributed by atoms with Crippen molar-refractivity contribution < 1.29 is 13.2 Å². The fourth-order valence-corrected chi connectivity index (χ4v) is 6.29. The molecule has 2 N–H and O–H groups in total. The molecule has 1 amide bonds. The van der Waals surface area contributed by atoms with Crippen LogP contribution in [0.4, 0.5) is 0 Å². The van der Waals surface area contributed by atoms with Crippen LogP contribution in [0.5, 0.6) is 0 Å². The highest BCUT2D eigenvalue weighted by atomic mass is 35.5. The summed E-state index contributed by atoms with van der Waals surface area (Å²) in [5, 5.41) is 7.83. The van der Waals surface area contributed by atoms with Gasteiger partial charge in [-0.25, -0.2) is 8.42 Å². The third-order valence-electron chi connectivity index (χ3n) is 4.87. The molecule has 0 bridgehead atoms. The van der Waals surface area contributed by atoms with Crippen molar-refractivity contribution in [2.24, 2.45) is 0 Å². The molecule has 1 saturated heterocycles. The molecule has 1 aromatic heterocycles. The Bertz CT molecular complexity index is 937. The molecule has 2 aliphatic rings. The van der Waals surface area contributed by atoms with E-state index in [1.165, 1.54) is 32.8 Å². The number of halogens is 1. The van der Waals surface area contributed by atoms with Gasteiger partial charge in [-0.15, -0.1) is 23.7 Å². The SMILES string of the molecule is Cl.O=C(NCc1ccc2c(c1)CNC2)c1sccc1S(=O)(=O)N1CCCC1. The Labute approximate surface area is 169 Å². The minimum Gasteiger partial charge on any atom is -0.347 e. The molecule has 0 radical (unpaired) electrons. The molecule has 1 fully saturated rings. The van der Waals surface area contributed by atoms with Gasteiger partial charge in [0.15, 0.2) is 0 Å². The number of hydrogen-bond acceptors (Lipinski definition) is 5. The highest BCUT2D eigenvalue weighted by Gasteiger charge is 2.31. The second kappa shape index (κ2) is 8.28. The number of amides is 1. The van der Waals surface area contributed by atoms with Crippen molar-refractivity contribution >= 4 is 39.7 Å². The molecule has 1 aromatic carbocycles. The van der Waals surface area contributed by atoms with E-state index in [9.17, 15) is 13.2 Å². The molecule has 0 unspecified atom stereocenters. The summed E-state index contributed by atoms with van der Waals surface area (Å²) >= 11 is 1.17. The first-order chi connectivity index (χ1) is 12.6. The van der Waals surface area contributed by atoms with Crippen LogP contribution in [0.2, 0.25) is 0 Å². The zero-order valence-corrected chi connectivity index (χ0v) is 17.2. The van der Waals surface area contributed by atoms with Crippen molar-refractivity contribution in [3.05, 3.63) is 51.2 Å². The number of nitrogens with zero attached hydrogens (tertiary/aromatic N) is 1. The summed E-state index contributed by atoms with van der Waals surface area (Å²) in [4.78, 5) is 13.0. The van der Waals surface area contributed by atoms with Crippen LogP contribution in [0.15, 0.2) is 34.5 Å². The Kier molecular flexibility index (Phi) is 6.22. The van der Waals surface area contributed by atoms with Crippen LogP contribution in [0.25, 0.3) is 0 Å². The maximum absolute atomic E-state index is 12.8. The maximum Gasteiger partial charge on any atom is 0.263 e. The summed E-state index contributed by atoms with van der Waals surface area (Å²) in [5.41, 5.74) is 3.56. The van der Waals surface area contributed by atoms with Crippen molar-refractivity contribution in [3.63, 3.8) is 0 Å². The third kappa shape index (κ3) is 4.05. The highest BCUT2D eigenvalue weighted by molar-refractivity contribution is 7.89. The van der Waals surface area contributed by atoms with Crippen LogP contribution in [-0.2, 0) is 29.7 Å². The maximum atomic E-state index is 12.8. The van der Waals surface area contributed by atoms with E-state index in [1.807, 2.05) is 6.07 Å². The standard InChI is InChI=1S/C18H21N3O3S2.ClH/c22-18(20-10-13-3-4-14-11-19-12-15(14)9-13)17-16(5-8-25-17)26(23,24)21-6-1-2-7-21;/h3-5,8-9,19H,1-2,6-7,10-12H2,(H,20,22);1H. The van der Waals surface area contributed by atoms with Gasteiger partial charge in [0.25, 0.3) is 5.91 Å². The second-order valence-electron chi connectivity index (χ2n) is 6.61. The van der Waals surface area contributed by atoms with Crippen LogP contribution < -0.4 is 10.6 Å². The fourth-order valence-electron chi connectivity index (χ4n) is 3.45.